The summed E-state index contributed by atoms with van der Waals surface area (Å²) in [4.78, 5) is 3.24. The zero-order valence-electron chi connectivity index (χ0n) is 10.6. The van der Waals surface area contributed by atoms with Gasteiger partial charge in [0.05, 0.1) is 25.6 Å². The standard InChI is InChI=1S/C13H21N3O/c1-17-12-7-13-15-9-11-16(13)10-6-4-2-3-5-8-14/h9,11H,2-7,10,12H2,1H3/p+1. The first kappa shape index (κ1) is 13.7. The Balaban J connectivity index is 2.18. The van der Waals surface area contributed by atoms with E-state index in [1.54, 1.807) is 7.11 Å². The van der Waals surface area contributed by atoms with E-state index in [1.807, 2.05) is 6.20 Å². The van der Waals surface area contributed by atoms with Gasteiger partial charge in [0.15, 0.2) is 0 Å². The molecule has 0 spiro atoms. The van der Waals surface area contributed by atoms with Crippen molar-refractivity contribution in [2.45, 2.75) is 45.1 Å². The van der Waals surface area contributed by atoms with Gasteiger partial charge in [-0.2, -0.15) is 5.26 Å². The van der Waals surface area contributed by atoms with Crippen LogP contribution in [-0.2, 0) is 17.7 Å². The van der Waals surface area contributed by atoms with Crippen LogP contribution in [0, 0.1) is 11.3 Å². The van der Waals surface area contributed by atoms with Crippen LogP contribution in [0.25, 0.3) is 0 Å². The van der Waals surface area contributed by atoms with Crippen molar-refractivity contribution < 1.29 is 9.30 Å². The van der Waals surface area contributed by atoms with E-state index in [9.17, 15) is 0 Å². The third-order valence-corrected chi connectivity index (χ3v) is 2.83. The van der Waals surface area contributed by atoms with Gasteiger partial charge in [0.2, 0.25) is 0 Å². The number of imidazole rings is 1. The molecule has 0 fully saturated rings. The number of nitriles is 1. The van der Waals surface area contributed by atoms with Crippen molar-refractivity contribution in [1.82, 2.24) is 4.98 Å². The van der Waals surface area contributed by atoms with Crippen LogP contribution < -0.4 is 4.57 Å². The SMILES string of the molecule is COCCc1[nH]cc[n+]1CCCCCCC#N. The maximum Gasteiger partial charge on any atom is 0.256 e. The number of ether oxygens (including phenoxy) is 1. The fourth-order valence-electron chi connectivity index (χ4n) is 1.86. The molecule has 0 bridgehead atoms. The van der Waals surface area contributed by atoms with Crippen LogP contribution >= 0.6 is 0 Å². The molecule has 0 radical (unpaired) electrons. The minimum atomic E-state index is 0.691. The maximum absolute atomic E-state index is 8.42. The lowest BCUT2D eigenvalue weighted by atomic mass is 10.1. The van der Waals surface area contributed by atoms with Crippen molar-refractivity contribution in [3.05, 3.63) is 18.2 Å². The van der Waals surface area contributed by atoms with E-state index in [0.29, 0.717) is 6.42 Å². The highest BCUT2D eigenvalue weighted by molar-refractivity contribution is 4.77. The van der Waals surface area contributed by atoms with Crippen molar-refractivity contribution >= 4 is 0 Å². The number of hydrogen-bond acceptors (Lipinski definition) is 2. The third-order valence-electron chi connectivity index (χ3n) is 2.83. The molecule has 17 heavy (non-hydrogen) atoms. The molecule has 1 N–H and O–H groups in total. The molecular weight excluding hydrogens is 214 g/mol. The number of H-pyrrole nitrogens is 1. The number of aromatic amines is 1. The minimum Gasteiger partial charge on any atom is -0.384 e. The Morgan fingerprint density at radius 3 is 2.94 bits per heavy atom. The summed E-state index contributed by atoms with van der Waals surface area (Å²) in [7, 11) is 1.72. The van der Waals surface area contributed by atoms with Gasteiger partial charge in [0.1, 0.15) is 12.4 Å². The molecule has 0 unspecified atom stereocenters. The van der Waals surface area contributed by atoms with Gasteiger partial charge in [-0.1, -0.05) is 6.42 Å². The molecule has 0 aliphatic heterocycles. The highest BCUT2D eigenvalue weighted by atomic mass is 16.5. The maximum atomic E-state index is 8.42. The molecule has 94 valence electrons. The van der Waals surface area contributed by atoms with Gasteiger partial charge in [0, 0.05) is 13.5 Å². The lowest BCUT2D eigenvalue weighted by molar-refractivity contribution is -0.703. The normalized spacial score (nSPS) is 10.4. The molecule has 0 aliphatic rings. The summed E-state index contributed by atoms with van der Waals surface area (Å²) in [6.07, 6.45) is 10.2. The van der Waals surface area contributed by atoms with E-state index in [2.05, 4.69) is 21.8 Å². The van der Waals surface area contributed by atoms with Crippen LogP contribution in [0.5, 0.6) is 0 Å². The molecule has 4 heteroatoms. The van der Waals surface area contributed by atoms with Crippen LogP contribution in [0.15, 0.2) is 12.4 Å². The van der Waals surface area contributed by atoms with Gasteiger partial charge in [-0.15, -0.1) is 0 Å². The largest absolute Gasteiger partial charge is 0.384 e. The summed E-state index contributed by atoms with van der Waals surface area (Å²) in [5, 5.41) is 8.42. The number of nitrogens with zero attached hydrogens (tertiary/aromatic N) is 2. The van der Waals surface area contributed by atoms with Gasteiger partial charge < -0.3 is 4.74 Å². The van der Waals surface area contributed by atoms with Crippen molar-refractivity contribution in [2.75, 3.05) is 13.7 Å². The summed E-state index contributed by atoms with van der Waals surface area (Å²) >= 11 is 0. The summed E-state index contributed by atoms with van der Waals surface area (Å²) in [6, 6.07) is 2.18. The Hall–Kier alpha value is -1.34. The molecule has 0 saturated carbocycles. The first-order chi connectivity index (χ1) is 8.38. The lowest BCUT2D eigenvalue weighted by Gasteiger charge is -2.01. The Labute approximate surface area is 103 Å². The number of unbranched alkanes of at least 4 members (excludes halogenated alkanes) is 4. The van der Waals surface area contributed by atoms with Gasteiger partial charge in [0.25, 0.3) is 5.82 Å². The predicted octanol–water partition coefficient (Wildman–Crippen LogP) is 1.97. The van der Waals surface area contributed by atoms with Crippen molar-refractivity contribution in [1.29, 1.82) is 5.26 Å². The van der Waals surface area contributed by atoms with Crippen LogP contribution in [0.1, 0.15) is 37.9 Å². The second kappa shape index (κ2) is 8.77. The topological polar surface area (TPSA) is 52.7 Å². The molecule has 0 aromatic carbocycles. The summed E-state index contributed by atoms with van der Waals surface area (Å²) in [5.74, 6) is 1.23. The smallest absolute Gasteiger partial charge is 0.256 e. The summed E-state index contributed by atoms with van der Waals surface area (Å²) < 4.78 is 7.33. The van der Waals surface area contributed by atoms with Gasteiger partial charge in [-0.25, -0.2) is 9.55 Å². The summed E-state index contributed by atoms with van der Waals surface area (Å²) in [6.45, 7) is 1.80. The molecule has 0 atom stereocenters. The molecule has 0 aliphatic carbocycles. The first-order valence-corrected chi connectivity index (χ1v) is 6.30. The molecule has 1 heterocycles. The zero-order valence-corrected chi connectivity index (χ0v) is 10.6. The van der Waals surface area contributed by atoms with E-state index in [4.69, 9.17) is 10.00 Å². The Morgan fingerprint density at radius 1 is 1.35 bits per heavy atom. The van der Waals surface area contributed by atoms with E-state index < -0.39 is 0 Å². The molecule has 0 amide bonds. The second-order valence-electron chi connectivity index (χ2n) is 4.17. The minimum absolute atomic E-state index is 0.691. The summed E-state index contributed by atoms with van der Waals surface area (Å²) in [5.41, 5.74) is 0. The van der Waals surface area contributed by atoms with Crippen molar-refractivity contribution in [3.8, 4) is 6.07 Å². The molecule has 1 rings (SSSR count). The fraction of sp³-hybridized carbons (Fsp3) is 0.692. The Kier molecular flexibility index (Phi) is 7.08. The quantitative estimate of drug-likeness (QED) is 0.526. The molecule has 0 saturated heterocycles. The van der Waals surface area contributed by atoms with E-state index in [-0.39, 0.29) is 0 Å². The zero-order chi connectivity index (χ0) is 12.3. The fourth-order valence-corrected chi connectivity index (χ4v) is 1.86. The number of hydrogen-bond donors (Lipinski definition) is 1. The molecule has 1 aromatic heterocycles. The van der Waals surface area contributed by atoms with Crippen molar-refractivity contribution in [3.63, 3.8) is 0 Å². The highest BCUT2D eigenvalue weighted by Crippen LogP contribution is 2.02. The van der Waals surface area contributed by atoms with Crippen LogP contribution in [0.2, 0.25) is 0 Å². The van der Waals surface area contributed by atoms with E-state index in [1.165, 1.54) is 18.7 Å². The monoisotopic (exact) mass is 236 g/mol. The van der Waals surface area contributed by atoms with Gasteiger partial charge >= 0.3 is 0 Å². The molecule has 4 nitrogen and oxygen atoms in total. The first-order valence-electron chi connectivity index (χ1n) is 6.30. The second-order valence-corrected chi connectivity index (χ2v) is 4.17. The number of nitrogens with one attached hydrogen (secondary N) is 1. The van der Waals surface area contributed by atoms with Crippen LogP contribution in [0.4, 0.5) is 0 Å². The van der Waals surface area contributed by atoms with Gasteiger partial charge in [-0.3, -0.25) is 0 Å². The van der Waals surface area contributed by atoms with Crippen molar-refractivity contribution in [2.24, 2.45) is 0 Å². The molecule has 1 aromatic rings. The highest BCUT2D eigenvalue weighted by Gasteiger charge is 2.09. The van der Waals surface area contributed by atoms with E-state index >= 15 is 0 Å². The van der Waals surface area contributed by atoms with Gasteiger partial charge in [-0.05, 0) is 19.3 Å². The van der Waals surface area contributed by atoms with E-state index in [0.717, 1.165) is 32.4 Å². The lowest BCUT2D eigenvalue weighted by Crippen LogP contribution is -2.36. The van der Waals surface area contributed by atoms with Crippen LogP contribution in [-0.4, -0.2) is 18.7 Å². The average Bonchev–Trinajstić information content (AvgIpc) is 2.78. The van der Waals surface area contributed by atoms with Crippen LogP contribution in [0.3, 0.4) is 0 Å². The number of methoxy groups -OCH3 is 1. The predicted molar refractivity (Wildman–Crippen MR) is 65.3 cm³/mol. The number of aryl methyl sites for hydroxylation is 1. The average molecular weight is 236 g/mol. The number of aromatic nitrogens is 2. The number of rotatable bonds is 9. The molecular formula is C13H22N3O+. The Bertz CT molecular complexity index is 341. The third kappa shape index (κ3) is 5.50. The Morgan fingerprint density at radius 2 is 2.18 bits per heavy atom.